The van der Waals surface area contributed by atoms with Crippen LogP contribution in [0.25, 0.3) is 11.5 Å². The van der Waals surface area contributed by atoms with Crippen LogP contribution in [0.5, 0.6) is 0 Å². The highest BCUT2D eigenvalue weighted by molar-refractivity contribution is 7.99. The molecule has 146 valence electrons. The number of carbonyl (C=O) groups excluding carboxylic acids is 1. The van der Waals surface area contributed by atoms with Gasteiger partial charge in [-0.25, -0.2) is 0 Å². The Morgan fingerprint density at radius 1 is 1.14 bits per heavy atom. The molecule has 0 fully saturated rings. The molecular formula is C21H23N3O3S. The zero-order chi connectivity index (χ0) is 19.8. The maximum absolute atomic E-state index is 12.7. The predicted molar refractivity (Wildman–Crippen MR) is 109 cm³/mol. The number of amides is 1. The van der Waals surface area contributed by atoms with Crippen molar-refractivity contribution in [2.75, 3.05) is 26.0 Å². The largest absolute Gasteiger partial charge is 0.411 e. The molecule has 0 unspecified atom stereocenters. The quantitative estimate of drug-likeness (QED) is 0.512. The van der Waals surface area contributed by atoms with Crippen LogP contribution in [0.2, 0.25) is 0 Å². The molecule has 0 spiro atoms. The van der Waals surface area contributed by atoms with Gasteiger partial charge in [0.25, 0.3) is 5.22 Å². The van der Waals surface area contributed by atoms with Crippen LogP contribution in [0.15, 0.2) is 64.2 Å². The van der Waals surface area contributed by atoms with E-state index in [2.05, 4.69) is 10.2 Å². The molecule has 1 heterocycles. The smallest absolute Gasteiger partial charge is 0.277 e. The Morgan fingerprint density at radius 3 is 2.71 bits per heavy atom. The van der Waals surface area contributed by atoms with Gasteiger partial charge in [-0.2, -0.15) is 0 Å². The predicted octanol–water partition coefficient (Wildman–Crippen LogP) is 3.81. The van der Waals surface area contributed by atoms with Gasteiger partial charge in [-0.3, -0.25) is 4.79 Å². The third-order valence-corrected chi connectivity index (χ3v) is 4.93. The number of thioether (sulfide) groups is 1. The number of hydrogen-bond acceptors (Lipinski definition) is 6. The minimum Gasteiger partial charge on any atom is -0.411 e. The molecule has 0 saturated heterocycles. The molecule has 2 aromatic carbocycles. The van der Waals surface area contributed by atoms with Gasteiger partial charge < -0.3 is 14.1 Å². The topological polar surface area (TPSA) is 68.5 Å². The molecule has 0 aliphatic heterocycles. The highest BCUT2D eigenvalue weighted by Gasteiger charge is 2.17. The summed E-state index contributed by atoms with van der Waals surface area (Å²) in [6.45, 7) is 3.57. The number of methoxy groups -OCH3 is 1. The van der Waals surface area contributed by atoms with Crippen LogP contribution in [0, 0.1) is 6.92 Å². The zero-order valence-electron chi connectivity index (χ0n) is 16.0. The van der Waals surface area contributed by atoms with Crippen LogP contribution in [0.1, 0.15) is 11.1 Å². The van der Waals surface area contributed by atoms with Crippen molar-refractivity contribution in [3.8, 4) is 11.5 Å². The molecule has 0 N–H and O–H groups in total. The van der Waals surface area contributed by atoms with Crippen molar-refractivity contribution in [2.24, 2.45) is 0 Å². The molecule has 0 saturated carbocycles. The van der Waals surface area contributed by atoms with Crippen LogP contribution in [0.4, 0.5) is 0 Å². The van der Waals surface area contributed by atoms with Crippen molar-refractivity contribution in [1.82, 2.24) is 15.1 Å². The third kappa shape index (κ3) is 5.68. The summed E-state index contributed by atoms with van der Waals surface area (Å²) in [5.41, 5.74) is 3.07. The van der Waals surface area contributed by atoms with Crippen LogP contribution in [-0.4, -0.2) is 47.0 Å². The fourth-order valence-electron chi connectivity index (χ4n) is 2.67. The number of hydrogen-bond donors (Lipinski definition) is 0. The maximum Gasteiger partial charge on any atom is 0.277 e. The number of aryl methyl sites for hydroxylation is 1. The molecule has 7 heteroatoms. The van der Waals surface area contributed by atoms with E-state index in [9.17, 15) is 4.79 Å². The second-order valence-electron chi connectivity index (χ2n) is 6.32. The Kier molecular flexibility index (Phi) is 7.22. The molecule has 0 aliphatic rings. The van der Waals surface area contributed by atoms with E-state index in [0.29, 0.717) is 30.8 Å². The van der Waals surface area contributed by atoms with E-state index < -0.39 is 0 Å². The number of aromatic nitrogens is 2. The summed E-state index contributed by atoms with van der Waals surface area (Å²) in [7, 11) is 1.63. The third-order valence-electron chi connectivity index (χ3n) is 4.12. The normalized spacial score (nSPS) is 10.8. The monoisotopic (exact) mass is 397 g/mol. The van der Waals surface area contributed by atoms with Gasteiger partial charge in [-0.1, -0.05) is 59.8 Å². The maximum atomic E-state index is 12.7. The lowest BCUT2D eigenvalue weighted by molar-refractivity contribution is -0.129. The Hall–Kier alpha value is -2.64. The molecule has 28 heavy (non-hydrogen) atoms. The van der Waals surface area contributed by atoms with E-state index in [0.717, 1.165) is 16.7 Å². The summed E-state index contributed by atoms with van der Waals surface area (Å²) in [4.78, 5) is 14.5. The molecule has 6 nitrogen and oxygen atoms in total. The molecule has 0 aliphatic carbocycles. The van der Waals surface area contributed by atoms with Crippen molar-refractivity contribution in [3.05, 3.63) is 65.7 Å². The Labute approximate surface area is 168 Å². The summed E-state index contributed by atoms with van der Waals surface area (Å²) < 4.78 is 10.8. The fraction of sp³-hybridized carbons (Fsp3) is 0.286. The van der Waals surface area contributed by atoms with Gasteiger partial charge in [0.05, 0.1) is 12.4 Å². The number of carbonyl (C=O) groups is 1. The van der Waals surface area contributed by atoms with Crippen molar-refractivity contribution in [3.63, 3.8) is 0 Å². The van der Waals surface area contributed by atoms with Gasteiger partial charge >= 0.3 is 0 Å². The first-order chi connectivity index (χ1) is 13.7. The van der Waals surface area contributed by atoms with Crippen molar-refractivity contribution in [1.29, 1.82) is 0 Å². The zero-order valence-corrected chi connectivity index (χ0v) is 16.8. The lowest BCUT2D eigenvalue weighted by atomic mass is 10.1. The van der Waals surface area contributed by atoms with Crippen LogP contribution in [0.3, 0.4) is 0 Å². The highest BCUT2D eigenvalue weighted by Crippen LogP contribution is 2.24. The molecule has 1 aromatic heterocycles. The lowest BCUT2D eigenvalue weighted by Crippen LogP contribution is -2.34. The lowest BCUT2D eigenvalue weighted by Gasteiger charge is -2.22. The fourth-order valence-corrected chi connectivity index (χ4v) is 3.34. The van der Waals surface area contributed by atoms with E-state index >= 15 is 0 Å². The first-order valence-electron chi connectivity index (χ1n) is 8.99. The Morgan fingerprint density at radius 2 is 1.96 bits per heavy atom. The number of rotatable bonds is 9. The average Bonchev–Trinajstić information content (AvgIpc) is 3.19. The van der Waals surface area contributed by atoms with Gasteiger partial charge in [-0.05, 0) is 24.6 Å². The van der Waals surface area contributed by atoms with E-state index in [1.807, 2.05) is 61.5 Å². The molecule has 0 atom stereocenters. The standard InChI is InChI=1S/C21H23N3O3S/c1-16-7-6-10-18(13-16)20-22-23-21(27-20)28-15-19(25)24(11-12-26-2)14-17-8-4-3-5-9-17/h3-10,13H,11-12,14-15H2,1-2H3. The first-order valence-corrected chi connectivity index (χ1v) is 9.98. The van der Waals surface area contributed by atoms with Gasteiger partial charge in [-0.15, -0.1) is 10.2 Å². The van der Waals surface area contributed by atoms with Crippen molar-refractivity contribution >= 4 is 17.7 Å². The highest BCUT2D eigenvalue weighted by atomic mass is 32.2. The number of ether oxygens (including phenoxy) is 1. The number of benzene rings is 2. The van der Waals surface area contributed by atoms with Crippen molar-refractivity contribution in [2.45, 2.75) is 18.7 Å². The van der Waals surface area contributed by atoms with Crippen molar-refractivity contribution < 1.29 is 13.9 Å². The van der Waals surface area contributed by atoms with Gasteiger partial charge in [0.15, 0.2) is 0 Å². The molecule has 0 bridgehead atoms. The van der Waals surface area contributed by atoms with Gasteiger partial charge in [0.2, 0.25) is 11.8 Å². The number of nitrogens with zero attached hydrogens (tertiary/aromatic N) is 3. The van der Waals surface area contributed by atoms with E-state index in [4.69, 9.17) is 9.15 Å². The average molecular weight is 398 g/mol. The molecule has 1 amide bonds. The van der Waals surface area contributed by atoms with Gasteiger partial charge in [0.1, 0.15) is 0 Å². The summed E-state index contributed by atoms with van der Waals surface area (Å²) in [5, 5.41) is 8.52. The summed E-state index contributed by atoms with van der Waals surface area (Å²) in [6.07, 6.45) is 0. The van der Waals surface area contributed by atoms with Crippen LogP contribution < -0.4 is 0 Å². The van der Waals surface area contributed by atoms with Crippen LogP contribution >= 0.6 is 11.8 Å². The molecule has 0 radical (unpaired) electrons. The summed E-state index contributed by atoms with van der Waals surface area (Å²) >= 11 is 1.25. The van der Waals surface area contributed by atoms with E-state index in [1.54, 1.807) is 12.0 Å². The summed E-state index contributed by atoms with van der Waals surface area (Å²) in [5.74, 6) is 0.687. The minimum atomic E-state index is 0.00112. The Balaban J connectivity index is 1.60. The minimum absolute atomic E-state index is 0.00112. The Bertz CT molecular complexity index is 899. The SMILES string of the molecule is COCCN(Cc1ccccc1)C(=O)CSc1nnc(-c2cccc(C)c2)o1. The van der Waals surface area contributed by atoms with E-state index in [-0.39, 0.29) is 11.7 Å². The van der Waals surface area contributed by atoms with Gasteiger partial charge in [0, 0.05) is 25.8 Å². The summed E-state index contributed by atoms with van der Waals surface area (Å²) in [6, 6.07) is 17.8. The molecule has 3 aromatic rings. The molecule has 3 rings (SSSR count). The van der Waals surface area contributed by atoms with Crippen LogP contribution in [-0.2, 0) is 16.1 Å². The second-order valence-corrected chi connectivity index (χ2v) is 7.25. The first kappa shape index (κ1) is 20.1. The van der Waals surface area contributed by atoms with E-state index in [1.165, 1.54) is 11.8 Å². The second kappa shape index (κ2) is 10.1. The molecular weight excluding hydrogens is 374 g/mol.